The fraction of sp³-hybridized carbons (Fsp3) is 1.00. The van der Waals surface area contributed by atoms with Crippen LogP contribution in [0.15, 0.2) is 0 Å². The van der Waals surface area contributed by atoms with Crippen molar-refractivity contribution in [3.8, 4) is 0 Å². The first kappa shape index (κ1) is 9.96. The second kappa shape index (κ2) is 4.80. The third-order valence-corrected chi connectivity index (χ3v) is 2.24. The molecule has 0 saturated carbocycles. The Bertz CT molecular complexity index is 130. The van der Waals surface area contributed by atoms with Gasteiger partial charge in [-0.2, -0.15) is 0 Å². The molecule has 72 valence electrons. The molecule has 3 heteroatoms. The van der Waals surface area contributed by atoms with Gasteiger partial charge in [0.25, 0.3) is 0 Å². The Kier molecular flexibility index (Phi) is 3.98. The van der Waals surface area contributed by atoms with E-state index in [0.717, 1.165) is 6.42 Å². The maximum Gasteiger partial charge on any atom is 0.160 e. The van der Waals surface area contributed by atoms with Gasteiger partial charge in [-0.3, -0.25) is 0 Å². The van der Waals surface area contributed by atoms with E-state index in [-0.39, 0.29) is 12.4 Å². The molecule has 0 bridgehead atoms. The molecular formula is C9H19NO2. The van der Waals surface area contributed by atoms with Crippen molar-refractivity contribution < 1.29 is 9.47 Å². The minimum absolute atomic E-state index is 0.0153. The summed E-state index contributed by atoms with van der Waals surface area (Å²) >= 11 is 0. The summed E-state index contributed by atoms with van der Waals surface area (Å²) in [4.78, 5) is 0. The van der Waals surface area contributed by atoms with E-state index in [4.69, 9.17) is 15.2 Å². The van der Waals surface area contributed by atoms with Crippen molar-refractivity contribution >= 4 is 0 Å². The standard InChI is InChI=1S/C9H19NO2/c1-3-4-7(2)9-11-6-8(5-10)12-9/h7-9H,3-6,10H2,1-2H3. The second-order valence-corrected chi connectivity index (χ2v) is 3.46. The average molecular weight is 173 g/mol. The van der Waals surface area contributed by atoms with Crippen molar-refractivity contribution in [3.05, 3.63) is 0 Å². The average Bonchev–Trinajstić information content (AvgIpc) is 2.52. The summed E-state index contributed by atoms with van der Waals surface area (Å²) in [5, 5.41) is 0. The van der Waals surface area contributed by atoms with E-state index in [9.17, 15) is 0 Å². The normalized spacial score (nSPS) is 32.2. The highest BCUT2D eigenvalue weighted by molar-refractivity contribution is 4.69. The quantitative estimate of drug-likeness (QED) is 0.693. The predicted molar refractivity (Wildman–Crippen MR) is 47.7 cm³/mol. The third-order valence-electron chi connectivity index (χ3n) is 2.24. The summed E-state index contributed by atoms with van der Waals surface area (Å²) in [6.45, 7) is 5.56. The van der Waals surface area contributed by atoms with E-state index in [1.165, 1.54) is 6.42 Å². The molecule has 1 saturated heterocycles. The lowest BCUT2D eigenvalue weighted by molar-refractivity contribution is -0.0923. The highest BCUT2D eigenvalue weighted by Gasteiger charge is 2.28. The van der Waals surface area contributed by atoms with Crippen LogP contribution >= 0.6 is 0 Å². The summed E-state index contributed by atoms with van der Waals surface area (Å²) in [5.74, 6) is 0.492. The van der Waals surface area contributed by atoms with Gasteiger partial charge in [-0.25, -0.2) is 0 Å². The molecule has 1 heterocycles. The van der Waals surface area contributed by atoms with Gasteiger partial charge in [0.1, 0.15) is 0 Å². The molecule has 0 aromatic carbocycles. The lowest BCUT2D eigenvalue weighted by Gasteiger charge is -2.17. The van der Waals surface area contributed by atoms with Crippen LogP contribution in [0.2, 0.25) is 0 Å². The zero-order valence-electron chi connectivity index (χ0n) is 7.95. The summed E-state index contributed by atoms with van der Waals surface area (Å²) in [6.07, 6.45) is 2.44. The summed E-state index contributed by atoms with van der Waals surface area (Å²) in [5.41, 5.74) is 5.47. The van der Waals surface area contributed by atoms with Crippen LogP contribution < -0.4 is 5.73 Å². The number of hydrogen-bond donors (Lipinski definition) is 1. The van der Waals surface area contributed by atoms with Crippen molar-refractivity contribution in [2.24, 2.45) is 11.7 Å². The number of hydrogen-bond acceptors (Lipinski definition) is 3. The van der Waals surface area contributed by atoms with E-state index in [2.05, 4.69) is 13.8 Å². The van der Waals surface area contributed by atoms with Gasteiger partial charge in [-0.05, 0) is 6.42 Å². The lowest BCUT2D eigenvalue weighted by atomic mass is 10.1. The largest absolute Gasteiger partial charge is 0.350 e. The molecule has 3 nitrogen and oxygen atoms in total. The minimum atomic E-state index is -0.0153. The first-order valence-electron chi connectivity index (χ1n) is 4.75. The van der Waals surface area contributed by atoms with Crippen LogP contribution in [0.5, 0.6) is 0 Å². The van der Waals surface area contributed by atoms with Crippen molar-refractivity contribution in [1.82, 2.24) is 0 Å². The van der Waals surface area contributed by atoms with Gasteiger partial charge in [-0.15, -0.1) is 0 Å². The number of rotatable bonds is 4. The van der Waals surface area contributed by atoms with Crippen molar-refractivity contribution in [3.63, 3.8) is 0 Å². The van der Waals surface area contributed by atoms with Gasteiger partial charge < -0.3 is 15.2 Å². The highest BCUT2D eigenvalue weighted by Crippen LogP contribution is 2.21. The monoisotopic (exact) mass is 173 g/mol. The van der Waals surface area contributed by atoms with E-state index in [1.54, 1.807) is 0 Å². The summed E-state index contributed by atoms with van der Waals surface area (Å²) in [7, 11) is 0. The van der Waals surface area contributed by atoms with Gasteiger partial charge in [-0.1, -0.05) is 20.3 Å². The SMILES string of the molecule is CCCC(C)C1OCC(CN)O1. The van der Waals surface area contributed by atoms with Crippen LogP contribution in [0, 0.1) is 5.92 Å². The number of nitrogens with two attached hydrogens (primary N) is 1. The number of ether oxygens (including phenoxy) is 2. The summed E-state index contributed by atoms with van der Waals surface area (Å²) < 4.78 is 11.0. The van der Waals surface area contributed by atoms with Gasteiger partial charge in [0, 0.05) is 12.5 Å². The Morgan fingerprint density at radius 3 is 2.83 bits per heavy atom. The lowest BCUT2D eigenvalue weighted by Crippen LogP contribution is -2.24. The first-order chi connectivity index (χ1) is 5.77. The molecule has 1 aliphatic rings. The molecule has 0 spiro atoms. The van der Waals surface area contributed by atoms with Crippen LogP contribution in [-0.4, -0.2) is 25.5 Å². The summed E-state index contributed by atoms with van der Waals surface area (Å²) in [6, 6.07) is 0. The topological polar surface area (TPSA) is 44.5 Å². The van der Waals surface area contributed by atoms with Gasteiger partial charge >= 0.3 is 0 Å². The minimum Gasteiger partial charge on any atom is -0.350 e. The van der Waals surface area contributed by atoms with Gasteiger partial charge in [0.15, 0.2) is 6.29 Å². The molecule has 0 radical (unpaired) electrons. The Hall–Kier alpha value is -0.120. The fourth-order valence-electron chi connectivity index (χ4n) is 1.48. The van der Waals surface area contributed by atoms with E-state index in [1.807, 2.05) is 0 Å². The van der Waals surface area contributed by atoms with Crippen LogP contribution in [0.1, 0.15) is 26.7 Å². The van der Waals surface area contributed by atoms with Crippen LogP contribution in [0.4, 0.5) is 0 Å². The second-order valence-electron chi connectivity index (χ2n) is 3.46. The molecule has 0 aromatic rings. The van der Waals surface area contributed by atoms with Crippen molar-refractivity contribution in [1.29, 1.82) is 0 Å². The fourth-order valence-corrected chi connectivity index (χ4v) is 1.48. The van der Waals surface area contributed by atoms with E-state index in [0.29, 0.717) is 19.1 Å². The molecule has 1 rings (SSSR count). The molecule has 1 aliphatic heterocycles. The van der Waals surface area contributed by atoms with Gasteiger partial charge in [0.05, 0.1) is 12.7 Å². The molecule has 0 amide bonds. The maximum absolute atomic E-state index is 5.58. The Balaban J connectivity index is 2.25. The van der Waals surface area contributed by atoms with Crippen molar-refractivity contribution in [2.45, 2.75) is 39.1 Å². The zero-order valence-corrected chi connectivity index (χ0v) is 7.95. The Morgan fingerprint density at radius 2 is 2.33 bits per heavy atom. The Labute approximate surface area is 74.2 Å². The molecule has 12 heavy (non-hydrogen) atoms. The zero-order chi connectivity index (χ0) is 8.97. The van der Waals surface area contributed by atoms with Crippen LogP contribution in [-0.2, 0) is 9.47 Å². The smallest absolute Gasteiger partial charge is 0.160 e. The predicted octanol–water partition coefficient (Wildman–Crippen LogP) is 1.12. The van der Waals surface area contributed by atoms with E-state index < -0.39 is 0 Å². The van der Waals surface area contributed by atoms with Crippen LogP contribution in [0.3, 0.4) is 0 Å². The molecule has 0 aliphatic carbocycles. The molecule has 1 fully saturated rings. The van der Waals surface area contributed by atoms with E-state index >= 15 is 0 Å². The third kappa shape index (κ3) is 2.44. The first-order valence-corrected chi connectivity index (χ1v) is 4.75. The van der Waals surface area contributed by atoms with Gasteiger partial charge in [0.2, 0.25) is 0 Å². The molecule has 0 aromatic heterocycles. The molecular weight excluding hydrogens is 154 g/mol. The molecule has 3 unspecified atom stereocenters. The maximum atomic E-state index is 5.58. The Morgan fingerprint density at radius 1 is 1.58 bits per heavy atom. The van der Waals surface area contributed by atoms with Crippen molar-refractivity contribution in [2.75, 3.05) is 13.2 Å². The van der Waals surface area contributed by atoms with Crippen LogP contribution in [0.25, 0.3) is 0 Å². The molecule has 2 N–H and O–H groups in total. The molecule has 3 atom stereocenters. The highest BCUT2D eigenvalue weighted by atomic mass is 16.7.